The van der Waals surface area contributed by atoms with Crippen molar-refractivity contribution in [2.75, 3.05) is 25.2 Å². The Labute approximate surface area is 159 Å². The Kier molecular flexibility index (Phi) is 8.47. The highest BCUT2D eigenvalue weighted by atomic mass is 16.5. The second kappa shape index (κ2) is 11.1. The van der Waals surface area contributed by atoms with Gasteiger partial charge < -0.3 is 19.9 Å². The lowest BCUT2D eigenvalue weighted by molar-refractivity contribution is 0.104. The number of aliphatic hydroxyl groups excluding tert-OH is 1. The van der Waals surface area contributed by atoms with Crippen molar-refractivity contribution in [3.05, 3.63) is 42.0 Å². The van der Waals surface area contributed by atoms with Crippen LogP contribution in [-0.4, -0.2) is 53.4 Å². The topological polar surface area (TPSA) is 101 Å². The van der Waals surface area contributed by atoms with Gasteiger partial charge in [-0.2, -0.15) is 5.10 Å². The lowest BCUT2D eigenvalue weighted by Crippen LogP contribution is -2.35. The second-order valence-corrected chi connectivity index (χ2v) is 6.16. The molecule has 0 aliphatic heterocycles. The maximum atomic E-state index is 9.85. The molecule has 1 aromatic carbocycles. The van der Waals surface area contributed by atoms with Gasteiger partial charge in [0, 0.05) is 18.7 Å². The third-order valence-corrected chi connectivity index (χ3v) is 3.41. The van der Waals surface area contributed by atoms with Crippen LogP contribution in [0.3, 0.4) is 0 Å². The van der Waals surface area contributed by atoms with E-state index in [-0.39, 0.29) is 6.61 Å². The largest absolute Gasteiger partial charge is 0.491 e. The molecule has 0 saturated heterocycles. The fourth-order valence-electron chi connectivity index (χ4n) is 2.05. The predicted octanol–water partition coefficient (Wildman–Crippen LogP) is 2.06. The van der Waals surface area contributed by atoms with E-state index in [1.165, 1.54) is 0 Å². The first-order chi connectivity index (χ1) is 13.1. The molecule has 8 nitrogen and oxygen atoms in total. The summed E-state index contributed by atoms with van der Waals surface area (Å²) >= 11 is 0. The third-order valence-electron chi connectivity index (χ3n) is 3.41. The van der Waals surface area contributed by atoms with E-state index in [9.17, 15) is 5.11 Å². The minimum atomic E-state index is -0.548. The summed E-state index contributed by atoms with van der Waals surface area (Å²) in [6.45, 7) is 7.25. The van der Waals surface area contributed by atoms with E-state index in [4.69, 9.17) is 9.47 Å². The van der Waals surface area contributed by atoms with Gasteiger partial charge in [0.05, 0.1) is 12.8 Å². The molecule has 0 amide bonds. The molecule has 3 N–H and O–H groups in total. The van der Waals surface area contributed by atoms with Crippen molar-refractivity contribution in [3.8, 4) is 11.6 Å². The molecule has 0 fully saturated rings. The van der Waals surface area contributed by atoms with Crippen LogP contribution < -0.4 is 20.2 Å². The summed E-state index contributed by atoms with van der Waals surface area (Å²) in [4.78, 5) is 0. The normalized spacial score (nSPS) is 12.3. The number of aromatic nitrogens is 2. The Morgan fingerprint density at radius 2 is 1.89 bits per heavy atom. The van der Waals surface area contributed by atoms with Gasteiger partial charge in [-0.1, -0.05) is 13.8 Å². The number of rotatable bonds is 11. The summed E-state index contributed by atoms with van der Waals surface area (Å²) in [5.41, 5.74) is 3.71. The maximum Gasteiger partial charge on any atom is 0.233 e. The highest BCUT2D eigenvalue weighted by Crippen LogP contribution is 2.12. The average Bonchev–Trinajstić information content (AvgIpc) is 2.67. The molecule has 0 saturated carbocycles. The van der Waals surface area contributed by atoms with Crippen LogP contribution in [0.15, 0.2) is 41.5 Å². The molecule has 27 heavy (non-hydrogen) atoms. The fraction of sp³-hybridized carbons (Fsp3) is 0.421. The SMILES string of the molecule is CCOc1ccc(N/N=C/c2ccc(OCC(O)CNC(C)C)cc2)nn1. The Morgan fingerprint density at radius 1 is 1.11 bits per heavy atom. The van der Waals surface area contributed by atoms with Crippen LogP contribution in [0.5, 0.6) is 11.6 Å². The van der Waals surface area contributed by atoms with Gasteiger partial charge in [-0.05, 0) is 42.8 Å². The van der Waals surface area contributed by atoms with Crippen molar-refractivity contribution in [2.45, 2.75) is 32.9 Å². The van der Waals surface area contributed by atoms with Crippen LogP contribution in [0.25, 0.3) is 0 Å². The number of benzene rings is 1. The molecule has 2 rings (SSSR count). The molecule has 0 spiro atoms. The molecule has 0 radical (unpaired) electrons. The van der Waals surface area contributed by atoms with Crippen molar-refractivity contribution in [1.82, 2.24) is 15.5 Å². The minimum Gasteiger partial charge on any atom is -0.491 e. The van der Waals surface area contributed by atoms with Crippen LogP contribution in [-0.2, 0) is 0 Å². The van der Waals surface area contributed by atoms with Crippen molar-refractivity contribution >= 4 is 12.0 Å². The fourth-order valence-corrected chi connectivity index (χ4v) is 2.05. The zero-order valence-electron chi connectivity index (χ0n) is 15.9. The van der Waals surface area contributed by atoms with E-state index in [0.717, 1.165) is 5.56 Å². The molecule has 8 heteroatoms. The third kappa shape index (κ3) is 8.02. The van der Waals surface area contributed by atoms with Gasteiger partial charge in [0.15, 0.2) is 5.82 Å². The number of hydrogen-bond donors (Lipinski definition) is 3. The molecule has 1 aromatic heterocycles. The Bertz CT molecular complexity index is 689. The van der Waals surface area contributed by atoms with E-state index in [2.05, 4.69) is 26.0 Å². The van der Waals surface area contributed by atoms with Crippen molar-refractivity contribution in [1.29, 1.82) is 0 Å². The number of ether oxygens (including phenoxy) is 2. The maximum absolute atomic E-state index is 9.85. The zero-order valence-corrected chi connectivity index (χ0v) is 15.9. The molecule has 0 aliphatic carbocycles. The first-order valence-corrected chi connectivity index (χ1v) is 8.96. The minimum absolute atomic E-state index is 0.241. The number of hydrogen-bond acceptors (Lipinski definition) is 8. The summed E-state index contributed by atoms with van der Waals surface area (Å²) in [5, 5.41) is 25.0. The van der Waals surface area contributed by atoms with Crippen LogP contribution in [0.1, 0.15) is 26.3 Å². The Morgan fingerprint density at radius 3 is 2.52 bits per heavy atom. The summed E-state index contributed by atoms with van der Waals surface area (Å²) in [6.07, 6.45) is 1.12. The number of nitrogens with one attached hydrogen (secondary N) is 2. The van der Waals surface area contributed by atoms with Gasteiger partial charge in [-0.3, -0.25) is 5.43 Å². The number of anilines is 1. The molecule has 1 unspecified atom stereocenters. The molecule has 0 bridgehead atoms. The van der Waals surface area contributed by atoms with Crippen molar-refractivity contribution in [3.63, 3.8) is 0 Å². The second-order valence-electron chi connectivity index (χ2n) is 6.16. The van der Waals surface area contributed by atoms with Crippen molar-refractivity contribution in [2.24, 2.45) is 5.10 Å². The van der Waals surface area contributed by atoms with Crippen molar-refractivity contribution < 1.29 is 14.6 Å². The summed E-state index contributed by atoms with van der Waals surface area (Å²) in [5.74, 6) is 1.70. The molecular weight excluding hydrogens is 346 g/mol. The first-order valence-electron chi connectivity index (χ1n) is 8.96. The number of aliphatic hydroxyl groups is 1. The van der Waals surface area contributed by atoms with Gasteiger partial charge in [-0.15, -0.1) is 10.2 Å². The van der Waals surface area contributed by atoms with Gasteiger partial charge in [0.2, 0.25) is 5.88 Å². The lowest BCUT2D eigenvalue weighted by Gasteiger charge is -2.15. The monoisotopic (exact) mass is 373 g/mol. The summed E-state index contributed by atoms with van der Waals surface area (Å²) in [6, 6.07) is 11.2. The van der Waals surface area contributed by atoms with E-state index < -0.39 is 6.10 Å². The Hall–Kier alpha value is -2.71. The van der Waals surface area contributed by atoms with E-state index in [0.29, 0.717) is 36.6 Å². The summed E-state index contributed by atoms with van der Waals surface area (Å²) < 4.78 is 10.8. The standard InChI is InChI=1S/C19H27N5O3/c1-4-26-19-10-9-18(23-24-19)22-21-11-15-5-7-17(8-6-15)27-13-16(25)12-20-14(2)3/h5-11,14,16,20,25H,4,12-13H2,1-3H3,(H,22,23)/b21-11+. The molecule has 1 heterocycles. The molecule has 146 valence electrons. The Balaban J connectivity index is 1.76. The molecular formula is C19H27N5O3. The molecule has 0 aliphatic rings. The molecule has 2 aromatic rings. The predicted molar refractivity (Wildman–Crippen MR) is 106 cm³/mol. The smallest absolute Gasteiger partial charge is 0.233 e. The first kappa shape index (κ1) is 20.6. The molecule has 1 atom stereocenters. The summed E-state index contributed by atoms with van der Waals surface area (Å²) in [7, 11) is 0. The van der Waals surface area contributed by atoms with Crippen LogP contribution >= 0.6 is 0 Å². The van der Waals surface area contributed by atoms with Crippen LogP contribution in [0.2, 0.25) is 0 Å². The van der Waals surface area contributed by atoms with Crippen LogP contribution in [0.4, 0.5) is 5.82 Å². The number of hydrazone groups is 1. The van der Waals surface area contributed by atoms with E-state index in [1.54, 1.807) is 18.3 Å². The van der Waals surface area contributed by atoms with Gasteiger partial charge >= 0.3 is 0 Å². The van der Waals surface area contributed by atoms with Gasteiger partial charge in [0.1, 0.15) is 18.5 Å². The highest BCUT2D eigenvalue weighted by Gasteiger charge is 2.05. The van der Waals surface area contributed by atoms with E-state index >= 15 is 0 Å². The lowest BCUT2D eigenvalue weighted by atomic mass is 10.2. The quantitative estimate of drug-likeness (QED) is 0.409. The van der Waals surface area contributed by atoms with Gasteiger partial charge in [0.25, 0.3) is 0 Å². The van der Waals surface area contributed by atoms with Gasteiger partial charge in [-0.25, -0.2) is 0 Å². The average molecular weight is 373 g/mol. The number of nitrogens with zero attached hydrogens (tertiary/aromatic N) is 3. The van der Waals surface area contributed by atoms with E-state index in [1.807, 2.05) is 45.0 Å². The highest BCUT2D eigenvalue weighted by molar-refractivity contribution is 5.80. The zero-order chi connectivity index (χ0) is 19.5. The van der Waals surface area contributed by atoms with Crippen LogP contribution in [0, 0.1) is 0 Å².